The lowest BCUT2D eigenvalue weighted by Crippen LogP contribution is -2.29. The average molecular weight is 323 g/mol. The molecule has 0 saturated carbocycles. The zero-order valence-electron chi connectivity index (χ0n) is 10.4. The highest BCUT2D eigenvalue weighted by molar-refractivity contribution is 9.10. The van der Waals surface area contributed by atoms with E-state index in [0.29, 0.717) is 5.69 Å². The summed E-state index contributed by atoms with van der Waals surface area (Å²) in [4.78, 5) is 4.08. The molecule has 0 bridgehead atoms. The summed E-state index contributed by atoms with van der Waals surface area (Å²) in [6.07, 6.45) is 3.36. The van der Waals surface area contributed by atoms with Gasteiger partial charge in [-0.1, -0.05) is 6.07 Å². The van der Waals surface area contributed by atoms with Crippen molar-refractivity contribution in [3.8, 4) is 5.75 Å². The molecule has 0 spiro atoms. The molecule has 0 radical (unpaired) electrons. The minimum atomic E-state index is -0.226. The Morgan fingerprint density at radius 3 is 2.74 bits per heavy atom. The van der Waals surface area contributed by atoms with Gasteiger partial charge in [-0.05, 0) is 39.7 Å². The minimum absolute atomic E-state index is 0.226. The van der Waals surface area contributed by atoms with Crippen LogP contribution in [0, 0.1) is 0 Å². The normalized spacial score (nSPS) is 12.2. The van der Waals surface area contributed by atoms with E-state index in [1.165, 1.54) is 0 Å². The number of nitrogens with one attached hydrogen (secondary N) is 1. The summed E-state index contributed by atoms with van der Waals surface area (Å²) in [6.45, 7) is 0. The Labute approximate surface area is 120 Å². The second kappa shape index (κ2) is 6.01. The van der Waals surface area contributed by atoms with Gasteiger partial charge in [0.15, 0.2) is 0 Å². The molecular weight excluding hydrogens is 308 g/mol. The average Bonchev–Trinajstić information content (AvgIpc) is 2.42. The first-order valence-corrected chi connectivity index (χ1v) is 6.45. The molecule has 0 amide bonds. The number of anilines is 1. The van der Waals surface area contributed by atoms with Crippen LogP contribution in [0.2, 0.25) is 0 Å². The van der Waals surface area contributed by atoms with Crippen molar-refractivity contribution in [1.82, 2.24) is 10.4 Å². The van der Waals surface area contributed by atoms with Crippen LogP contribution in [0.15, 0.2) is 41.1 Å². The molecule has 1 aromatic heterocycles. The van der Waals surface area contributed by atoms with Gasteiger partial charge in [0.05, 0.1) is 17.6 Å². The highest BCUT2D eigenvalue weighted by Crippen LogP contribution is 2.31. The maximum atomic E-state index is 5.96. The van der Waals surface area contributed by atoms with Crippen molar-refractivity contribution in [1.29, 1.82) is 0 Å². The van der Waals surface area contributed by atoms with Crippen LogP contribution in [-0.2, 0) is 0 Å². The zero-order valence-corrected chi connectivity index (χ0v) is 12.0. The highest BCUT2D eigenvalue weighted by Gasteiger charge is 2.16. The first-order valence-electron chi connectivity index (χ1n) is 5.66. The van der Waals surface area contributed by atoms with E-state index in [1.54, 1.807) is 25.6 Å². The quantitative estimate of drug-likeness (QED) is 0.592. The third-order valence-electron chi connectivity index (χ3n) is 2.87. The number of halogens is 1. The van der Waals surface area contributed by atoms with Crippen LogP contribution in [-0.4, -0.2) is 12.1 Å². The fourth-order valence-electron chi connectivity index (χ4n) is 1.89. The molecule has 1 aromatic carbocycles. The summed E-state index contributed by atoms with van der Waals surface area (Å²) in [5.41, 5.74) is 11.2. The first kappa shape index (κ1) is 13.8. The predicted molar refractivity (Wildman–Crippen MR) is 78.5 cm³/mol. The predicted octanol–water partition coefficient (Wildman–Crippen LogP) is 1.99. The number of rotatable bonds is 4. The van der Waals surface area contributed by atoms with Crippen LogP contribution in [0.5, 0.6) is 5.75 Å². The van der Waals surface area contributed by atoms with Crippen LogP contribution in [0.1, 0.15) is 17.2 Å². The highest BCUT2D eigenvalue weighted by atomic mass is 79.9. The number of methoxy groups -OCH3 is 1. The molecule has 2 rings (SSSR count). The number of pyridine rings is 1. The second-order valence-electron chi connectivity index (χ2n) is 4.00. The van der Waals surface area contributed by atoms with E-state index in [1.807, 2.05) is 18.2 Å². The number of benzene rings is 1. The maximum Gasteiger partial charge on any atom is 0.133 e. The molecule has 5 nitrogen and oxygen atoms in total. The molecule has 1 heterocycles. The van der Waals surface area contributed by atoms with Gasteiger partial charge in [-0.15, -0.1) is 0 Å². The molecule has 19 heavy (non-hydrogen) atoms. The Hall–Kier alpha value is -1.63. The lowest BCUT2D eigenvalue weighted by atomic mass is 9.99. The molecule has 0 aliphatic heterocycles. The van der Waals surface area contributed by atoms with Gasteiger partial charge in [-0.3, -0.25) is 10.8 Å². The monoisotopic (exact) mass is 322 g/mol. The van der Waals surface area contributed by atoms with Crippen molar-refractivity contribution in [2.24, 2.45) is 5.84 Å². The maximum absolute atomic E-state index is 5.96. The van der Waals surface area contributed by atoms with Crippen molar-refractivity contribution in [2.75, 3.05) is 12.8 Å². The number of aromatic nitrogens is 1. The number of hydrogen-bond acceptors (Lipinski definition) is 5. The number of nitrogens with zero attached hydrogens (tertiary/aromatic N) is 1. The minimum Gasteiger partial charge on any atom is -0.496 e. The van der Waals surface area contributed by atoms with E-state index in [2.05, 4.69) is 26.3 Å². The molecule has 1 atom stereocenters. The smallest absolute Gasteiger partial charge is 0.133 e. The summed E-state index contributed by atoms with van der Waals surface area (Å²) in [7, 11) is 1.62. The molecule has 6 heteroatoms. The first-order chi connectivity index (χ1) is 9.17. The fraction of sp³-hybridized carbons (Fsp3) is 0.154. The van der Waals surface area contributed by atoms with Gasteiger partial charge >= 0.3 is 0 Å². The van der Waals surface area contributed by atoms with Crippen molar-refractivity contribution >= 4 is 21.6 Å². The number of nitrogens with two attached hydrogens (primary N) is 2. The molecule has 0 aliphatic rings. The summed E-state index contributed by atoms with van der Waals surface area (Å²) in [5, 5.41) is 0. The lowest BCUT2D eigenvalue weighted by Gasteiger charge is -2.19. The van der Waals surface area contributed by atoms with Crippen LogP contribution in [0.3, 0.4) is 0 Å². The molecule has 0 saturated heterocycles. The summed E-state index contributed by atoms with van der Waals surface area (Å²) in [6, 6.07) is 7.26. The number of nitrogen functional groups attached to an aromatic ring is 1. The Kier molecular flexibility index (Phi) is 4.36. The standard InChI is InChI=1S/C13H15BrN4O/c1-19-12-3-2-8(6-10(12)14)13(18-16)9-7-17-5-4-11(9)15/h2-7,13,18H,16H2,1H3,(H2,15,17). The summed E-state index contributed by atoms with van der Waals surface area (Å²) in [5.74, 6) is 6.41. The summed E-state index contributed by atoms with van der Waals surface area (Å²) >= 11 is 3.46. The van der Waals surface area contributed by atoms with E-state index in [0.717, 1.165) is 21.3 Å². The van der Waals surface area contributed by atoms with Gasteiger partial charge in [-0.25, -0.2) is 5.43 Å². The van der Waals surface area contributed by atoms with E-state index >= 15 is 0 Å². The van der Waals surface area contributed by atoms with E-state index in [9.17, 15) is 0 Å². The van der Waals surface area contributed by atoms with Crippen LogP contribution in [0.4, 0.5) is 5.69 Å². The van der Waals surface area contributed by atoms with Gasteiger partial charge in [0.2, 0.25) is 0 Å². The SMILES string of the molecule is COc1ccc(C(NN)c2cnccc2N)cc1Br. The van der Waals surface area contributed by atoms with Gasteiger partial charge in [0, 0.05) is 23.6 Å². The molecule has 5 N–H and O–H groups in total. The van der Waals surface area contributed by atoms with E-state index in [-0.39, 0.29) is 6.04 Å². The van der Waals surface area contributed by atoms with Gasteiger partial charge in [-0.2, -0.15) is 0 Å². The van der Waals surface area contributed by atoms with Crippen LogP contribution >= 0.6 is 15.9 Å². The number of hydrogen-bond donors (Lipinski definition) is 3. The van der Waals surface area contributed by atoms with Crippen molar-refractivity contribution in [3.63, 3.8) is 0 Å². The third kappa shape index (κ3) is 2.86. The largest absolute Gasteiger partial charge is 0.496 e. The molecule has 0 aliphatic carbocycles. The number of hydrazine groups is 1. The summed E-state index contributed by atoms with van der Waals surface area (Å²) < 4.78 is 6.06. The molecular formula is C13H15BrN4O. The van der Waals surface area contributed by atoms with Crippen LogP contribution < -0.4 is 21.7 Å². The molecule has 100 valence electrons. The Morgan fingerprint density at radius 1 is 1.37 bits per heavy atom. The second-order valence-corrected chi connectivity index (χ2v) is 4.85. The van der Waals surface area contributed by atoms with Crippen molar-refractivity contribution in [3.05, 3.63) is 52.3 Å². The van der Waals surface area contributed by atoms with Crippen LogP contribution in [0.25, 0.3) is 0 Å². The van der Waals surface area contributed by atoms with Crippen molar-refractivity contribution < 1.29 is 4.74 Å². The molecule has 2 aromatic rings. The lowest BCUT2D eigenvalue weighted by molar-refractivity contribution is 0.412. The Balaban J connectivity index is 2.43. The van der Waals surface area contributed by atoms with E-state index < -0.39 is 0 Å². The third-order valence-corrected chi connectivity index (χ3v) is 3.49. The van der Waals surface area contributed by atoms with Crippen molar-refractivity contribution in [2.45, 2.75) is 6.04 Å². The fourth-order valence-corrected chi connectivity index (χ4v) is 2.44. The van der Waals surface area contributed by atoms with Gasteiger partial charge in [0.1, 0.15) is 5.75 Å². The Bertz CT molecular complexity index is 576. The van der Waals surface area contributed by atoms with E-state index in [4.69, 9.17) is 16.3 Å². The zero-order chi connectivity index (χ0) is 13.8. The van der Waals surface area contributed by atoms with Gasteiger partial charge in [0.25, 0.3) is 0 Å². The van der Waals surface area contributed by atoms with Gasteiger partial charge < -0.3 is 10.5 Å². The topological polar surface area (TPSA) is 86.2 Å². The molecule has 1 unspecified atom stereocenters. The molecule has 0 fully saturated rings. The Morgan fingerprint density at radius 2 is 2.16 bits per heavy atom. The number of ether oxygens (including phenoxy) is 1.